The third-order valence-corrected chi connectivity index (χ3v) is 6.19. The van der Waals surface area contributed by atoms with Crippen LogP contribution in [0.2, 0.25) is 0 Å². The number of rotatable bonds is 6. The molecule has 174 valence electrons. The Morgan fingerprint density at radius 3 is 1.91 bits per heavy atom. The molecule has 34 heavy (non-hydrogen) atoms. The van der Waals surface area contributed by atoms with Gasteiger partial charge in [0.15, 0.2) is 17.6 Å². The molecule has 3 atom stereocenters. The van der Waals surface area contributed by atoms with E-state index in [9.17, 15) is 9.59 Å². The number of fused-ring (bicyclic) bond motifs is 1. The molecule has 3 aromatic rings. The SMILES string of the molecule is COc1ccc(C2C3C(=O)N(c4ccccc4)C(=O)C3ON2c2ccccc2)c(OC)c1OC. The highest BCUT2D eigenvalue weighted by molar-refractivity contribution is 6.23. The molecule has 2 fully saturated rings. The summed E-state index contributed by atoms with van der Waals surface area (Å²) in [6, 6.07) is 21.2. The van der Waals surface area contributed by atoms with E-state index in [0.29, 0.717) is 34.2 Å². The van der Waals surface area contributed by atoms with Crippen LogP contribution in [0.4, 0.5) is 11.4 Å². The number of para-hydroxylation sites is 2. The molecule has 0 saturated carbocycles. The molecule has 2 heterocycles. The zero-order valence-corrected chi connectivity index (χ0v) is 19.0. The summed E-state index contributed by atoms with van der Waals surface area (Å²) >= 11 is 0. The van der Waals surface area contributed by atoms with Crippen molar-refractivity contribution in [2.45, 2.75) is 12.1 Å². The van der Waals surface area contributed by atoms with Crippen LogP contribution in [-0.2, 0) is 14.4 Å². The Bertz CT molecular complexity index is 1220. The molecule has 0 aliphatic carbocycles. The number of ether oxygens (including phenoxy) is 3. The van der Waals surface area contributed by atoms with Gasteiger partial charge in [-0.05, 0) is 36.4 Å². The van der Waals surface area contributed by atoms with Crippen molar-refractivity contribution in [3.05, 3.63) is 78.4 Å². The van der Waals surface area contributed by atoms with Crippen molar-refractivity contribution in [2.24, 2.45) is 5.92 Å². The molecule has 2 aliphatic heterocycles. The Morgan fingerprint density at radius 2 is 1.32 bits per heavy atom. The van der Waals surface area contributed by atoms with Gasteiger partial charge in [-0.15, -0.1) is 0 Å². The van der Waals surface area contributed by atoms with E-state index < -0.39 is 24.0 Å². The van der Waals surface area contributed by atoms with Crippen molar-refractivity contribution in [1.82, 2.24) is 0 Å². The predicted molar refractivity (Wildman–Crippen MR) is 125 cm³/mol. The lowest BCUT2D eigenvalue weighted by Crippen LogP contribution is -2.37. The van der Waals surface area contributed by atoms with Crippen molar-refractivity contribution in [1.29, 1.82) is 0 Å². The molecule has 8 nitrogen and oxygen atoms in total. The average Bonchev–Trinajstić information content (AvgIpc) is 3.39. The summed E-state index contributed by atoms with van der Waals surface area (Å²) < 4.78 is 16.7. The van der Waals surface area contributed by atoms with Gasteiger partial charge >= 0.3 is 0 Å². The van der Waals surface area contributed by atoms with Gasteiger partial charge in [-0.1, -0.05) is 36.4 Å². The number of hydrogen-bond acceptors (Lipinski definition) is 7. The molecular weight excluding hydrogens is 436 g/mol. The molecule has 2 aliphatic rings. The lowest BCUT2D eigenvalue weighted by atomic mass is 9.89. The molecule has 3 aromatic carbocycles. The van der Waals surface area contributed by atoms with E-state index in [2.05, 4.69) is 0 Å². The normalized spacial score (nSPS) is 21.6. The minimum Gasteiger partial charge on any atom is -0.493 e. The van der Waals surface area contributed by atoms with Gasteiger partial charge in [-0.3, -0.25) is 14.4 Å². The monoisotopic (exact) mass is 460 g/mol. The number of carbonyl (C=O) groups is 2. The number of amides is 2. The van der Waals surface area contributed by atoms with E-state index in [0.717, 1.165) is 0 Å². The molecular formula is C26H24N2O6. The number of anilines is 2. The van der Waals surface area contributed by atoms with Crippen LogP contribution in [0.15, 0.2) is 72.8 Å². The highest BCUT2D eigenvalue weighted by Crippen LogP contribution is 2.52. The zero-order chi connectivity index (χ0) is 23.8. The van der Waals surface area contributed by atoms with Gasteiger partial charge in [0.05, 0.1) is 32.7 Å². The first kappa shape index (κ1) is 21.8. The molecule has 8 heteroatoms. The first-order chi connectivity index (χ1) is 16.6. The lowest BCUT2D eigenvalue weighted by Gasteiger charge is -2.30. The number of carbonyl (C=O) groups excluding carboxylic acids is 2. The Labute approximate surface area is 197 Å². The Hall–Kier alpha value is -4.04. The summed E-state index contributed by atoms with van der Waals surface area (Å²) in [6.45, 7) is 0. The van der Waals surface area contributed by atoms with Crippen LogP contribution >= 0.6 is 0 Å². The minimum absolute atomic E-state index is 0.332. The number of hydrogen-bond donors (Lipinski definition) is 0. The minimum atomic E-state index is -0.976. The van der Waals surface area contributed by atoms with E-state index >= 15 is 0 Å². The molecule has 0 spiro atoms. The molecule has 0 N–H and O–H groups in total. The van der Waals surface area contributed by atoms with E-state index in [1.807, 2.05) is 42.5 Å². The average molecular weight is 460 g/mol. The molecule has 0 aromatic heterocycles. The van der Waals surface area contributed by atoms with Gasteiger partial charge in [0, 0.05) is 5.56 Å². The van der Waals surface area contributed by atoms with E-state index in [4.69, 9.17) is 19.0 Å². The maximum Gasteiger partial charge on any atom is 0.266 e. The van der Waals surface area contributed by atoms with Crippen LogP contribution in [0.25, 0.3) is 0 Å². The van der Waals surface area contributed by atoms with Crippen molar-refractivity contribution in [2.75, 3.05) is 31.3 Å². The van der Waals surface area contributed by atoms with Crippen LogP contribution in [0, 0.1) is 5.92 Å². The highest BCUT2D eigenvalue weighted by atomic mass is 16.7. The van der Waals surface area contributed by atoms with Gasteiger partial charge in [0.25, 0.3) is 5.91 Å². The number of methoxy groups -OCH3 is 3. The van der Waals surface area contributed by atoms with Crippen molar-refractivity contribution >= 4 is 23.2 Å². The summed E-state index contributed by atoms with van der Waals surface area (Å²) in [5.74, 6) is -0.221. The fourth-order valence-electron chi connectivity index (χ4n) is 4.72. The van der Waals surface area contributed by atoms with Crippen LogP contribution in [-0.4, -0.2) is 39.2 Å². The number of benzene rings is 3. The first-order valence-electron chi connectivity index (χ1n) is 10.8. The fourth-order valence-corrected chi connectivity index (χ4v) is 4.72. The Balaban J connectivity index is 1.67. The van der Waals surface area contributed by atoms with Crippen LogP contribution < -0.4 is 24.2 Å². The zero-order valence-electron chi connectivity index (χ0n) is 19.0. The van der Waals surface area contributed by atoms with E-state index in [-0.39, 0.29) is 5.91 Å². The highest BCUT2D eigenvalue weighted by Gasteiger charge is 2.61. The van der Waals surface area contributed by atoms with Crippen molar-refractivity contribution in [3.63, 3.8) is 0 Å². The van der Waals surface area contributed by atoms with E-state index in [1.165, 1.54) is 19.1 Å². The summed E-state index contributed by atoms with van der Waals surface area (Å²) in [5, 5.41) is 1.62. The second-order valence-corrected chi connectivity index (χ2v) is 7.93. The molecule has 2 amide bonds. The van der Waals surface area contributed by atoms with Gasteiger partial charge in [0.1, 0.15) is 12.0 Å². The molecule has 3 unspecified atom stereocenters. The fraction of sp³-hybridized carbons (Fsp3) is 0.231. The van der Waals surface area contributed by atoms with E-state index in [1.54, 1.807) is 42.5 Å². The molecule has 5 rings (SSSR count). The topological polar surface area (TPSA) is 77.5 Å². The van der Waals surface area contributed by atoms with Crippen molar-refractivity contribution in [3.8, 4) is 17.2 Å². The van der Waals surface area contributed by atoms with Gasteiger partial charge in [-0.25, -0.2) is 9.96 Å². The molecule has 0 bridgehead atoms. The maximum absolute atomic E-state index is 13.7. The maximum atomic E-state index is 13.7. The summed E-state index contributed by atoms with van der Waals surface area (Å²) in [5.41, 5.74) is 1.87. The largest absolute Gasteiger partial charge is 0.493 e. The summed E-state index contributed by atoms with van der Waals surface area (Å²) in [4.78, 5) is 34.5. The smallest absolute Gasteiger partial charge is 0.266 e. The molecule has 2 saturated heterocycles. The second-order valence-electron chi connectivity index (χ2n) is 7.93. The summed E-state index contributed by atoms with van der Waals surface area (Å²) in [7, 11) is 4.59. The third kappa shape index (κ3) is 3.26. The first-order valence-corrected chi connectivity index (χ1v) is 10.8. The van der Waals surface area contributed by atoms with Crippen molar-refractivity contribution < 1.29 is 28.6 Å². The molecule has 0 radical (unpaired) electrons. The van der Waals surface area contributed by atoms with Gasteiger partial charge < -0.3 is 14.2 Å². The number of nitrogens with zero attached hydrogens (tertiary/aromatic N) is 2. The van der Waals surface area contributed by atoms with Crippen LogP contribution in [0.3, 0.4) is 0 Å². The van der Waals surface area contributed by atoms with Crippen LogP contribution in [0.5, 0.6) is 17.2 Å². The third-order valence-electron chi connectivity index (χ3n) is 6.19. The lowest BCUT2D eigenvalue weighted by molar-refractivity contribution is -0.126. The standard InChI is InChI=1S/C26H24N2O6/c1-31-19-15-14-18(22(32-2)23(19)33-3)21-20-24(34-28(21)17-12-8-5-9-13-17)26(30)27(25(20)29)16-10-6-4-7-11-16/h4-15,20-21,24H,1-3H3. The number of imide groups is 1. The van der Waals surface area contributed by atoms with Crippen LogP contribution in [0.1, 0.15) is 11.6 Å². The number of hydroxylamine groups is 1. The Kier molecular flexibility index (Phi) is 5.59. The quantitative estimate of drug-likeness (QED) is 0.519. The van der Waals surface area contributed by atoms with Gasteiger partial charge in [-0.2, -0.15) is 0 Å². The summed E-state index contributed by atoms with van der Waals surface area (Å²) in [6.07, 6.45) is -0.976. The Morgan fingerprint density at radius 1 is 0.706 bits per heavy atom. The van der Waals surface area contributed by atoms with Gasteiger partial charge in [0.2, 0.25) is 11.7 Å². The predicted octanol–water partition coefficient (Wildman–Crippen LogP) is 3.76. The second kappa shape index (κ2) is 8.72.